The molecule has 160 valence electrons. The number of morpholine rings is 1. The van der Waals surface area contributed by atoms with Gasteiger partial charge in [0.2, 0.25) is 11.8 Å². The molecule has 3 rings (SSSR count). The lowest BCUT2D eigenvalue weighted by Crippen LogP contribution is -2.38. The fraction of sp³-hybridized carbons (Fsp3) is 0.417. The summed E-state index contributed by atoms with van der Waals surface area (Å²) in [6.07, 6.45) is 1.65. The summed E-state index contributed by atoms with van der Waals surface area (Å²) in [5.74, 6) is 0.0244. The molecule has 0 aliphatic carbocycles. The molecular weight excluding hydrogens is 378 g/mol. The molecule has 0 saturated carbocycles. The number of rotatable bonds is 9. The summed E-state index contributed by atoms with van der Waals surface area (Å²) < 4.78 is 5.32. The predicted molar refractivity (Wildman–Crippen MR) is 118 cm³/mol. The SMILES string of the molecule is Cc1ccc(CCC(=O)NCc2cccc(NC(=O)CCN3CCOCC3)c2)cc1. The molecular formula is C24H31N3O3. The van der Waals surface area contributed by atoms with Gasteiger partial charge in [-0.2, -0.15) is 0 Å². The van der Waals surface area contributed by atoms with E-state index in [-0.39, 0.29) is 11.8 Å². The van der Waals surface area contributed by atoms with Gasteiger partial charge in [0.1, 0.15) is 0 Å². The van der Waals surface area contributed by atoms with E-state index in [1.807, 2.05) is 24.3 Å². The van der Waals surface area contributed by atoms with Crippen molar-refractivity contribution in [2.75, 3.05) is 38.2 Å². The Morgan fingerprint density at radius 3 is 2.50 bits per heavy atom. The topological polar surface area (TPSA) is 70.7 Å². The molecule has 0 radical (unpaired) electrons. The van der Waals surface area contributed by atoms with E-state index in [0.717, 1.165) is 56.1 Å². The second-order valence-corrected chi connectivity index (χ2v) is 7.71. The van der Waals surface area contributed by atoms with Gasteiger partial charge in [-0.25, -0.2) is 0 Å². The highest BCUT2D eigenvalue weighted by Crippen LogP contribution is 2.12. The molecule has 30 heavy (non-hydrogen) atoms. The largest absolute Gasteiger partial charge is 0.379 e. The van der Waals surface area contributed by atoms with Crippen LogP contribution in [-0.4, -0.2) is 49.6 Å². The third-order valence-electron chi connectivity index (χ3n) is 5.22. The van der Waals surface area contributed by atoms with Crippen LogP contribution in [0.2, 0.25) is 0 Å². The summed E-state index contributed by atoms with van der Waals surface area (Å²) in [6, 6.07) is 15.9. The third kappa shape index (κ3) is 7.61. The van der Waals surface area contributed by atoms with Gasteiger partial charge in [-0.15, -0.1) is 0 Å². The van der Waals surface area contributed by atoms with Gasteiger partial charge in [-0.1, -0.05) is 42.0 Å². The van der Waals surface area contributed by atoms with Crippen LogP contribution in [0, 0.1) is 6.92 Å². The van der Waals surface area contributed by atoms with Crippen molar-refractivity contribution in [3.63, 3.8) is 0 Å². The number of carbonyl (C=O) groups excluding carboxylic acids is 2. The van der Waals surface area contributed by atoms with Crippen LogP contribution in [-0.2, 0) is 27.3 Å². The Bertz CT molecular complexity index is 830. The van der Waals surface area contributed by atoms with Crippen molar-refractivity contribution in [1.82, 2.24) is 10.2 Å². The van der Waals surface area contributed by atoms with E-state index >= 15 is 0 Å². The van der Waals surface area contributed by atoms with Gasteiger partial charge in [-0.05, 0) is 36.6 Å². The quantitative estimate of drug-likeness (QED) is 0.668. The second kappa shape index (κ2) is 11.5. The molecule has 1 aliphatic heterocycles. The fourth-order valence-corrected chi connectivity index (χ4v) is 3.37. The Hall–Kier alpha value is -2.70. The van der Waals surface area contributed by atoms with E-state index in [1.165, 1.54) is 5.56 Å². The highest BCUT2D eigenvalue weighted by atomic mass is 16.5. The standard InChI is InChI=1S/C24H31N3O3/c1-19-5-7-20(8-6-19)9-10-23(28)25-18-21-3-2-4-22(17-21)26-24(29)11-12-27-13-15-30-16-14-27/h2-8,17H,9-16,18H2,1H3,(H,25,28)(H,26,29). The zero-order valence-electron chi connectivity index (χ0n) is 17.7. The van der Waals surface area contributed by atoms with Crippen molar-refractivity contribution >= 4 is 17.5 Å². The minimum absolute atomic E-state index is 0.000718. The minimum Gasteiger partial charge on any atom is -0.379 e. The summed E-state index contributed by atoms with van der Waals surface area (Å²) in [5.41, 5.74) is 4.10. The van der Waals surface area contributed by atoms with Crippen LogP contribution in [0.25, 0.3) is 0 Å². The van der Waals surface area contributed by atoms with Gasteiger partial charge in [0.25, 0.3) is 0 Å². The lowest BCUT2D eigenvalue weighted by Gasteiger charge is -2.26. The van der Waals surface area contributed by atoms with Crippen LogP contribution in [0.3, 0.4) is 0 Å². The molecule has 1 heterocycles. The maximum absolute atomic E-state index is 12.2. The maximum Gasteiger partial charge on any atom is 0.225 e. The van der Waals surface area contributed by atoms with Gasteiger partial charge in [0.15, 0.2) is 0 Å². The molecule has 1 aliphatic rings. The van der Waals surface area contributed by atoms with E-state index in [2.05, 4.69) is 46.7 Å². The lowest BCUT2D eigenvalue weighted by molar-refractivity contribution is -0.121. The number of anilines is 1. The average molecular weight is 410 g/mol. The number of nitrogens with one attached hydrogen (secondary N) is 2. The number of nitrogens with zero attached hydrogens (tertiary/aromatic N) is 1. The Morgan fingerprint density at radius 1 is 0.967 bits per heavy atom. The molecule has 2 N–H and O–H groups in total. The van der Waals surface area contributed by atoms with Crippen LogP contribution in [0.1, 0.15) is 29.5 Å². The molecule has 0 unspecified atom stereocenters. The van der Waals surface area contributed by atoms with E-state index < -0.39 is 0 Å². The monoisotopic (exact) mass is 409 g/mol. The first-order valence-electron chi connectivity index (χ1n) is 10.6. The van der Waals surface area contributed by atoms with Crippen molar-refractivity contribution < 1.29 is 14.3 Å². The highest BCUT2D eigenvalue weighted by molar-refractivity contribution is 5.90. The smallest absolute Gasteiger partial charge is 0.225 e. The number of amides is 2. The molecule has 2 aromatic rings. The first kappa shape index (κ1) is 22.0. The Kier molecular flexibility index (Phi) is 8.41. The molecule has 2 amide bonds. The minimum atomic E-state index is 0.000718. The molecule has 0 aromatic heterocycles. The van der Waals surface area contributed by atoms with Crippen LogP contribution >= 0.6 is 0 Å². The molecule has 0 atom stereocenters. The highest BCUT2D eigenvalue weighted by Gasteiger charge is 2.12. The van der Waals surface area contributed by atoms with Gasteiger partial charge in [0.05, 0.1) is 13.2 Å². The van der Waals surface area contributed by atoms with E-state index in [0.29, 0.717) is 19.4 Å². The number of benzene rings is 2. The summed E-state index contributed by atoms with van der Waals surface area (Å²) in [5, 5.41) is 5.91. The molecule has 0 bridgehead atoms. The van der Waals surface area contributed by atoms with Crippen molar-refractivity contribution in [2.24, 2.45) is 0 Å². The van der Waals surface area contributed by atoms with Gasteiger partial charge >= 0.3 is 0 Å². The van der Waals surface area contributed by atoms with E-state index in [9.17, 15) is 9.59 Å². The zero-order valence-corrected chi connectivity index (χ0v) is 17.7. The van der Waals surface area contributed by atoms with Crippen LogP contribution in [0.15, 0.2) is 48.5 Å². The maximum atomic E-state index is 12.2. The Balaban J connectivity index is 1.39. The third-order valence-corrected chi connectivity index (χ3v) is 5.22. The first-order chi connectivity index (χ1) is 14.6. The normalized spacial score (nSPS) is 14.3. The Morgan fingerprint density at radius 2 is 1.73 bits per heavy atom. The van der Waals surface area contributed by atoms with Crippen LogP contribution < -0.4 is 10.6 Å². The summed E-state index contributed by atoms with van der Waals surface area (Å²) in [4.78, 5) is 26.6. The van der Waals surface area contributed by atoms with Gasteiger partial charge in [0, 0.05) is 44.7 Å². The molecule has 0 spiro atoms. The van der Waals surface area contributed by atoms with E-state index in [4.69, 9.17) is 4.74 Å². The fourth-order valence-electron chi connectivity index (χ4n) is 3.37. The molecule has 1 fully saturated rings. The number of aryl methyl sites for hydroxylation is 2. The van der Waals surface area contributed by atoms with Crippen LogP contribution in [0.4, 0.5) is 5.69 Å². The number of hydrogen-bond acceptors (Lipinski definition) is 4. The number of ether oxygens (including phenoxy) is 1. The lowest BCUT2D eigenvalue weighted by atomic mass is 10.1. The number of hydrogen-bond donors (Lipinski definition) is 2. The van der Waals surface area contributed by atoms with Crippen LogP contribution in [0.5, 0.6) is 0 Å². The average Bonchev–Trinajstić information content (AvgIpc) is 2.77. The Labute approximate surface area is 178 Å². The molecule has 6 nitrogen and oxygen atoms in total. The first-order valence-corrected chi connectivity index (χ1v) is 10.6. The number of carbonyl (C=O) groups is 2. The predicted octanol–water partition coefficient (Wildman–Crippen LogP) is 2.90. The summed E-state index contributed by atoms with van der Waals surface area (Å²) in [7, 11) is 0. The van der Waals surface area contributed by atoms with E-state index in [1.54, 1.807) is 0 Å². The van der Waals surface area contributed by atoms with Gasteiger partial charge < -0.3 is 15.4 Å². The van der Waals surface area contributed by atoms with Crippen molar-refractivity contribution in [2.45, 2.75) is 32.7 Å². The van der Waals surface area contributed by atoms with Gasteiger partial charge in [-0.3, -0.25) is 14.5 Å². The molecule has 6 heteroatoms. The molecule has 2 aromatic carbocycles. The van der Waals surface area contributed by atoms with Crippen molar-refractivity contribution in [1.29, 1.82) is 0 Å². The van der Waals surface area contributed by atoms with Crippen molar-refractivity contribution in [3.8, 4) is 0 Å². The summed E-state index contributed by atoms with van der Waals surface area (Å²) >= 11 is 0. The zero-order chi connectivity index (χ0) is 21.2. The summed E-state index contributed by atoms with van der Waals surface area (Å²) in [6.45, 7) is 6.48. The molecule has 1 saturated heterocycles. The van der Waals surface area contributed by atoms with Crippen molar-refractivity contribution in [3.05, 3.63) is 65.2 Å². The second-order valence-electron chi connectivity index (χ2n) is 7.71.